The number of aromatic nitrogens is 2. The number of hydrogen-bond acceptors (Lipinski definition) is 4. The van der Waals surface area contributed by atoms with Gasteiger partial charge in [-0.05, 0) is 17.7 Å². The maximum absolute atomic E-state index is 5.01. The van der Waals surface area contributed by atoms with E-state index >= 15 is 0 Å². The van der Waals surface area contributed by atoms with Crippen molar-refractivity contribution in [2.24, 2.45) is 12.1 Å². The second-order valence-corrected chi connectivity index (χ2v) is 5.56. The predicted molar refractivity (Wildman–Crippen MR) is 89.2 cm³/mol. The van der Waals surface area contributed by atoms with Gasteiger partial charge in [0, 0.05) is 41.9 Å². The molecule has 6 heteroatoms. The third-order valence-corrected chi connectivity index (χ3v) is 3.61. The van der Waals surface area contributed by atoms with Gasteiger partial charge in [-0.1, -0.05) is 34.2 Å². The minimum atomic E-state index is 0.654. The fourth-order valence-electron chi connectivity index (χ4n) is 1.72. The van der Waals surface area contributed by atoms with E-state index < -0.39 is 0 Å². The van der Waals surface area contributed by atoms with Crippen LogP contribution in [0.4, 0.5) is 0 Å². The summed E-state index contributed by atoms with van der Waals surface area (Å²) in [7, 11) is 3.89. The van der Waals surface area contributed by atoms with Gasteiger partial charge in [0.15, 0.2) is 0 Å². The number of imidazole rings is 1. The van der Waals surface area contributed by atoms with E-state index in [2.05, 4.69) is 26.0 Å². The van der Waals surface area contributed by atoms with Crippen LogP contribution < -0.4 is 0 Å². The molecule has 0 aliphatic heterocycles. The smallest absolute Gasteiger partial charge is 0.129 e. The van der Waals surface area contributed by atoms with E-state index in [0.29, 0.717) is 6.54 Å². The molecule has 0 fully saturated rings. The highest BCUT2D eigenvalue weighted by atomic mass is 79.9. The molecule has 0 bridgehead atoms. The van der Waals surface area contributed by atoms with Gasteiger partial charge in [0.25, 0.3) is 0 Å². The van der Waals surface area contributed by atoms with Crippen molar-refractivity contribution in [2.75, 3.05) is 7.05 Å². The van der Waals surface area contributed by atoms with Gasteiger partial charge in [-0.3, -0.25) is 5.01 Å². The molecule has 0 spiro atoms. The topological polar surface area (TPSA) is 33.4 Å². The Morgan fingerprint density at radius 2 is 2.25 bits per heavy atom. The third kappa shape index (κ3) is 3.74. The summed E-state index contributed by atoms with van der Waals surface area (Å²) in [5.74, 6) is 0.967. The van der Waals surface area contributed by atoms with Gasteiger partial charge < -0.3 is 4.57 Å². The van der Waals surface area contributed by atoms with E-state index in [1.807, 2.05) is 54.3 Å². The van der Waals surface area contributed by atoms with Crippen LogP contribution in [-0.4, -0.2) is 33.2 Å². The van der Waals surface area contributed by atoms with Crippen molar-refractivity contribution in [1.29, 1.82) is 0 Å². The quantitative estimate of drug-likeness (QED) is 0.472. The van der Waals surface area contributed by atoms with E-state index in [1.54, 1.807) is 11.6 Å². The normalized spacial score (nSPS) is 10.9. The van der Waals surface area contributed by atoms with Gasteiger partial charge in [-0.15, -0.1) is 0 Å². The molecule has 1 aromatic carbocycles. The molecule has 0 atom stereocenters. The lowest BCUT2D eigenvalue weighted by molar-refractivity contribution is 0.335. The van der Waals surface area contributed by atoms with Crippen molar-refractivity contribution in [2.45, 2.75) is 6.54 Å². The molecule has 104 valence electrons. The molecule has 0 amide bonds. The first kappa shape index (κ1) is 14.9. The first-order valence-electron chi connectivity index (χ1n) is 6.06. The second kappa shape index (κ2) is 6.76. The maximum atomic E-state index is 5.01. The summed E-state index contributed by atoms with van der Waals surface area (Å²) in [4.78, 5) is 4.28. The first-order chi connectivity index (χ1) is 9.60. The van der Waals surface area contributed by atoms with Gasteiger partial charge in [-0.2, -0.15) is 5.10 Å². The molecular formula is C14H15BrN4S. The highest BCUT2D eigenvalue weighted by Gasteiger charge is 2.02. The summed E-state index contributed by atoms with van der Waals surface area (Å²) in [5, 5.41) is 7.93. The standard InChI is InChI=1S/C14H15BrN4S/c1-18-6-5-16-14(18)9-19(2)17-8-12-7-13(15)4-3-11(12)10-20/h3-8,10H,9H2,1-2H3/b17-8-. The molecule has 0 unspecified atom stereocenters. The Hall–Kier alpha value is -1.53. The summed E-state index contributed by atoms with van der Waals surface area (Å²) in [6, 6.07) is 5.93. The molecule has 0 saturated carbocycles. The van der Waals surface area contributed by atoms with Gasteiger partial charge in [-0.25, -0.2) is 4.98 Å². The zero-order valence-corrected chi connectivity index (χ0v) is 13.7. The average Bonchev–Trinajstić information content (AvgIpc) is 2.82. The summed E-state index contributed by atoms with van der Waals surface area (Å²) in [5.41, 5.74) is 1.97. The Kier molecular flexibility index (Phi) is 5.03. The maximum Gasteiger partial charge on any atom is 0.129 e. The summed E-state index contributed by atoms with van der Waals surface area (Å²) < 4.78 is 2.99. The van der Waals surface area contributed by atoms with Crippen LogP contribution in [0.15, 0.2) is 40.2 Å². The van der Waals surface area contributed by atoms with Crippen LogP contribution in [0.1, 0.15) is 17.0 Å². The zero-order valence-electron chi connectivity index (χ0n) is 11.3. The molecule has 0 saturated heterocycles. The van der Waals surface area contributed by atoms with E-state index in [0.717, 1.165) is 21.4 Å². The number of halogens is 1. The van der Waals surface area contributed by atoms with E-state index in [1.165, 1.54) is 0 Å². The Labute approximate surface area is 132 Å². The molecule has 0 radical (unpaired) electrons. The first-order valence-corrected chi connectivity index (χ1v) is 7.32. The molecule has 2 aromatic rings. The van der Waals surface area contributed by atoms with E-state index in [-0.39, 0.29) is 0 Å². The number of benzene rings is 1. The number of thiocarbonyl (C=S) groups is 1. The number of rotatable bonds is 5. The summed E-state index contributed by atoms with van der Waals surface area (Å²) in [6.45, 7) is 0.654. The number of hydrazone groups is 1. The minimum Gasteiger partial charge on any atom is -0.336 e. The van der Waals surface area contributed by atoms with Gasteiger partial charge in [0.1, 0.15) is 5.82 Å². The van der Waals surface area contributed by atoms with E-state index in [9.17, 15) is 0 Å². The molecule has 1 aromatic heterocycles. The highest BCUT2D eigenvalue weighted by molar-refractivity contribution is 9.10. The molecule has 0 N–H and O–H groups in total. The highest BCUT2D eigenvalue weighted by Crippen LogP contribution is 2.14. The van der Waals surface area contributed by atoms with Crippen molar-refractivity contribution in [1.82, 2.24) is 14.6 Å². The third-order valence-electron chi connectivity index (χ3n) is 2.86. The lowest BCUT2D eigenvalue weighted by Crippen LogP contribution is -2.14. The Morgan fingerprint density at radius 1 is 1.45 bits per heavy atom. The molecule has 20 heavy (non-hydrogen) atoms. The number of hydrogen-bond donors (Lipinski definition) is 0. The molecule has 4 nitrogen and oxygen atoms in total. The largest absolute Gasteiger partial charge is 0.336 e. The average molecular weight is 351 g/mol. The van der Waals surface area contributed by atoms with Gasteiger partial charge >= 0.3 is 0 Å². The molecule has 0 aliphatic rings. The van der Waals surface area contributed by atoms with Crippen LogP contribution in [0.2, 0.25) is 0 Å². The second-order valence-electron chi connectivity index (χ2n) is 4.41. The van der Waals surface area contributed by atoms with Crippen molar-refractivity contribution < 1.29 is 0 Å². The minimum absolute atomic E-state index is 0.654. The fourth-order valence-corrected chi connectivity index (χ4v) is 2.31. The van der Waals surface area contributed by atoms with E-state index in [4.69, 9.17) is 12.2 Å². The van der Waals surface area contributed by atoms with Gasteiger partial charge in [0.05, 0.1) is 12.8 Å². The Bertz CT molecular complexity index is 636. The number of nitrogens with zero attached hydrogens (tertiary/aromatic N) is 4. The molecular weight excluding hydrogens is 336 g/mol. The van der Waals surface area contributed by atoms with Crippen molar-refractivity contribution in [3.63, 3.8) is 0 Å². The van der Waals surface area contributed by atoms with Crippen LogP contribution >= 0.6 is 28.1 Å². The summed E-state index contributed by atoms with van der Waals surface area (Å²) >= 11 is 8.46. The van der Waals surface area contributed by atoms with Crippen molar-refractivity contribution >= 4 is 39.7 Å². The van der Waals surface area contributed by atoms with Crippen LogP contribution in [0.25, 0.3) is 0 Å². The molecule has 2 rings (SSSR count). The lowest BCUT2D eigenvalue weighted by atomic mass is 10.1. The van der Waals surface area contributed by atoms with Crippen LogP contribution in [0.3, 0.4) is 0 Å². The van der Waals surface area contributed by atoms with Gasteiger partial charge in [0.2, 0.25) is 0 Å². The van der Waals surface area contributed by atoms with Crippen LogP contribution in [-0.2, 0) is 13.6 Å². The number of aryl methyl sites for hydroxylation is 1. The Morgan fingerprint density at radius 3 is 2.90 bits per heavy atom. The monoisotopic (exact) mass is 350 g/mol. The Balaban J connectivity index is 2.11. The molecule has 1 heterocycles. The predicted octanol–water partition coefficient (Wildman–Crippen LogP) is 3.00. The van der Waals surface area contributed by atoms with Crippen molar-refractivity contribution in [3.8, 4) is 0 Å². The SMILES string of the molecule is CN(Cc1nccn1C)/N=C\c1cc(Br)ccc1C=S. The molecule has 0 aliphatic carbocycles. The van der Waals surface area contributed by atoms with Crippen LogP contribution in [0, 0.1) is 0 Å². The summed E-state index contributed by atoms with van der Waals surface area (Å²) in [6.07, 6.45) is 5.52. The van der Waals surface area contributed by atoms with Crippen LogP contribution in [0.5, 0.6) is 0 Å². The fraction of sp³-hybridized carbons (Fsp3) is 0.214. The lowest BCUT2D eigenvalue weighted by Gasteiger charge is -2.12. The van der Waals surface area contributed by atoms with Crippen molar-refractivity contribution in [3.05, 3.63) is 52.0 Å². The zero-order chi connectivity index (χ0) is 14.5.